The maximum Gasteiger partial charge on any atom is 0.256 e. The topological polar surface area (TPSA) is 67.0 Å². The molecule has 0 aliphatic heterocycles. The van der Waals surface area contributed by atoms with E-state index >= 15 is 0 Å². The molecule has 0 fully saturated rings. The van der Waals surface area contributed by atoms with Crippen LogP contribution in [0.15, 0.2) is 48.5 Å². The summed E-state index contributed by atoms with van der Waals surface area (Å²) in [5, 5.41) is 9.62. The number of carbonyl (C=O) groups excluding carboxylic acids is 1. The van der Waals surface area contributed by atoms with E-state index in [1.807, 2.05) is 0 Å². The number of halogens is 5. The Bertz CT molecular complexity index is 1310. The maximum atomic E-state index is 13.8. The molecule has 0 saturated heterocycles. The van der Waals surface area contributed by atoms with Gasteiger partial charge in [-0.1, -0.05) is 11.6 Å². The van der Waals surface area contributed by atoms with Crippen molar-refractivity contribution < 1.29 is 27.1 Å². The second kappa shape index (κ2) is 8.27. The molecule has 5 nitrogen and oxygen atoms in total. The smallest absolute Gasteiger partial charge is 0.256 e. The number of H-pyrrole nitrogens is 1. The fraction of sp³-hybridized carbons (Fsp3) is 0.0476. The van der Waals surface area contributed by atoms with Crippen molar-refractivity contribution in [2.75, 3.05) is 5.32 Å². The summed E-state index contributed by atoms with van der Waals surface area (Å²) < 4.78 is 58.9. The van der Waals surface area contributed by atoms with Crippen molar-refractivity contribution in [3.63, 3.8) is 0 Å². The minimum atomic E-state index is -1.29. The van der Waals surface area contributed by atoms with Crippen LogP contribution in [0.5, 0.6) is 5.75 Å². The minimum absolute atomic E-state index is 0.128. The largest absolute Gasteiger partial charge is 0.489 e. The third-order valence-corrected chi connectivity index (χ3v) is 4.72. The van der Waals surface area contributed by atoms with Crippen LogP contribution in [-0.2, 0) is 6.61 Å². The van der Waals surface area contributed by atoms with Crippen LogP contribution in [-0.4, -0.2) is 16.1 Å². The Labute approximate surface area is 177 Å². The predicted molar refractivity (Wildman–Crippen MR) is 106 cm³/mol. The summed E-state index contributed by atoms with van der Waals surface area (Å²) in [6.07, 6.45) is 0. The SMILES string of the molecule is O=C(Nc1n[nH]c2ccc(OCc3cc(F)c(F)cc3F)cc12)c1ccc(F)c(Cl)c1. The van der Waals surface area contributed by atoms with Gasteiger partial charge in [-0.25, -0.2) is 17.6 Å². The number of rotatable bonds is 5. The van der Waals surface area contributed by atoms with Crippen LogP contribution in [0.3, 0.4) is 0 Å². The van der Waals surface area contributed by atoms with Crippen molar-refractivity contribution >= 4 is 34.2 Å². The molecule has 2 N–H and O–H groups in total. The molecule has 0 atom stereocenters. The van der Waals surface area contributed by atoms with E-state index in [1.54, 1.807) is 12.1 Å². The molecule has 10 heteroatoms. The molecule has 0 bridgehead atoms. The van der Waals surface area contributed by atoms with Gasteiger partial charge in [0.25, 0.3) is 5.91 Å². The maximum absolute atomic E-state index is 13.8. The average molecular weight is 450 g/mol. The zero-order chi connectivity index (χ0) is 22.1. The second-order valence-corrected chi connectivity index (χ2v) is 6.92. The molecule has 31 heavy (non-hydrogen) atoms. The highest BCUT2D eigenvalue weighted by atomic mass is 35.5. The number of amides is 1. The molecule has 3 aromatic carbocycles. The highest BCUT2D eigenvalue weighted by Gasteiger charge is 2.15. The lowest BCUT2D eigenvalue weighted by Crippen LogP contribution is -2.12. The van der Waals surface area contributed by atoms with Gasteiger partial charge in [0.2, 0.25) is 0 Å². The Morgan fingerprint density at radius 3 is 2.52 bits per heavy atom. The van der Waals surface area contributed by atoms with Gasteiger partial charge in [-0.3, -0.25) is 9.89 Å². The van der Waals surface area contributed by atoms with Crippen molar-refractivity contribution in [3.8, 4) is 5.75 Å². The highest BCUT2D eigenvalue weighted by molar-refractivity contribution is 6.31. The van der Waals surface area contributed by atoms with E-state index in [0.717, 1.165) is 12.1 Å². The van der Waals surface area contributed by atoms with Gasteiger partial charge in [-0.2, -0.15) is 5.10 Å². The molecule has 0 aliphatic rings. The molecule has 0 aliphatic carbocycles. The zero-order valence-electron chi connectivity index (χ0n) is 15.5. The number of hydrogen-bond acceptors (Lipinski definition) is 3. The second-order valence-electron chi connectivity index (χ2n) is 6.51. The summed E-state index contributed by atoms with van der Waals surface area (Å²) in [7, 11) is 0. The number of aromatic nitrogens is 2. The first-order valence-corrected chi connectivity index (χ1v) is 9.20. The van der Waals surface area contributed by atoms with Crippen molar-refractivity contribution in [2.24, 2.45) is 0 Å². The Morgan fingerprint density at radius 1 is 0.968 bits per heavy atom. The number of ether oxygens (including phenoxy) is 1. The van der Waals surface area contributed by atoms with Crippen LogP contribution in [0.1, 0.15) is 15.9 Å². The van der Waals surface area contributed by atoms with E-state index in [-0.39, 0.29) is 34.3 Å². The summed E-state index contributed by atoms with van der Waals surface area (Å²) >= 11 is 5.71. The first kappa shape index (κ1) is 20.7. The number of benzene rings is 3. The molecule has 0 unspecified atom stereocenters. The van der Waals surface area contributed by atoms with Crippen molar-refractivity contribution in [3.05, 3.63) is 87.9 Å². The molecule has 1 amide bonds. The van der Waals surface area contributed by atoms with E-state index in [0.29, 0.717) is 17.0 Å². The fourth-order valence-electron chi connectivity index (χ4n) is 2.83. The Balaban J connectivity index is 1.54. The monoisotopic (exact) mass is 449 g/mol. The normalized spacial score (nSPS) is 11.0. The van der Waals surface area contributed by atoms with Gasteiger partial charge < -0.3 is 10.1 Å². The summed E-state index contributed by atoms with van der Waals surface area (Å²) in [4.78, 5) is 12.4. The number of nitrogens with zero attached hydrogens (tertiary/aromatic N) is 1. The standard InChI is InChI=1S/C21H12ClF4N3O2/c22-14-5-10(1-3-15(14)23)21(30)27-20-13-7-12(2-4-19(13)28-29-20)31-9-11-6-17(25)18(26)8-16(11)24/h1-8H,9H2,(H2,27,28,29,30). The van der Waals surface area contributed by atoms with E-state index in [9.17, 15) is 22.4 Å². The van der Waals surface area contributed by atoms with Crippen molar-refractivity contribution in [1.82, 2.24) is 10.2 Å². The van der Waals surface area contributed by atoms with E-state index in [2.05, 4.69) is 15.5 Å². The van der Waals surface area contributed by atoms with Crippen LogP contribution < -0.4 is 10.1 Å². The van der Waals surface area contributed by atoms with Gasteiger partial charge >= 0.3 is 0 Å². The zero-order valence-corrected chi connectivity index (χ0v) is 16.2. The van der Waals surface area contributed by atoms with Gasteiger partial charge in [-0.15, -0.1) is 0 Å². The Kier molecular flexibility index (Phi) is 5.51. The number of carbonyl (C=O) groups is 1. The molecule has 0 saturated carbocycles. The Morgan fingerprint density at radius 2 is 1.74 bits per heavy atom. The van der Waals surface area contributed by atoms with Gasteiger partial charge in [0.15, 0.2) is 17.5 Å². The van der Waals surface area contributed by atoms with E-state index < -0.39 is 29.2 Å². The lowest BCUT2D eigenvalue weighted by molar-refractivity contribution is 0.102. The van der Waals surface area contributed by atoms with Gasteiger partial charge in [0, 0.05) is 22.6 Å². The molecule has 4 rings (SSSR count). The first-order chi connectivity index (χ1) is 14.8. The van der Waals surface area contributed by atoms with Crippen LogP contribution in [0.4, 0.5) is 23.4 Å². The summed E-state index contributed by atoms with van der Waals surface area (Å²) in [6.45, 7) is -0.345. The fourth-order valence-corrected chi connectivity index (χ4v) is 3.01. The predicted octanol–water partition coefficient (Wildman–Crippen LogP) is 5.60. The third kappa shape index (κ3) is 4.31. The number of hydrogen-bond donors (Lipinski definition) is 2. The third-order valence-electron chi connectivity index (χ3n) is 4.43. The van der Waals surface area contributed by atoms with E-state index in [4.69, 9.17) is 16.3 Å². The lowest BCUT2D eigenvalue weighted by Gasteiger charge is -2.08. The van der Waals surface area contributed by atoms with Crippen LogP contribution in [0.25, 0.3) is 10.9 Å². The van der Waals surface area contributed by atoms with Gasteiger partial charge in [0.05, 0.1) is 10.5 Å². The minimum Gasteiger partial charge on any atom is -0.489 e. The van der Waals surface area contributed by atoms with Crippen LogP contribution in [0.2, 0.25) is 5.02 Å². The number of anilines is 1. The summed E-state index contributed by atoms with van der Waals surface area (Å²) in [6, 6.07) is 9.41. The molecular formula is C21H12ClF4N3O2. The molecule has 0 radical (unpaired) electrons. The van der Waals surface area contributed by atoms with E-state index in [1.165, 1.54) is 18.2 Å². The van der Waals surface area contributed by atoms with Crippen molar-refractivity contribution in [1.29, 1.82) is 0 Å². The lowest BCUT2D eigenvalue weighted by atomic mass is 10.2. The average Bonchev–Trinajstić information content (AvgIpc) is 3.13. The highest BCUT2D eigenvalue weighted by Crippen LogP contribution is 2.27. The number of aromatic amines is 1. The van der Waals surface area contributed by atoms with Gasteiger partial charge in [-0.05, 0) is 42.5 Å². The summed E-state index contributed by atoms with van der Waals surface area (Å²) in [5.74, 6) is -4.18. The number of nitrogens with one attached hydrogen (secondary N) is 2. The van der Waals surface area contributed by atoms with Crippen LogP contribution in [0, 0.1) is 23.3 Å². The number of fused-ring (bicyclic) bond motifs is 1. The van der Waals surface area contributed by atoms with Crippen LogP contribution >= 0.6 is 11.6 Å². The first-order valence-electron chi connectivity index (χ1n) is 8.82. The Hall–Kier alpha value is -3.59. The molecule has 1 aromatic heterocycles. The summed E-state index contributed by atoms with van der Waals surface area (Å²) in [5.41, 5.74) is 0.537. The molecule has 158 valence electrons. The quantitative estimate of drug-likeness (QED) is 0.308. The molecule has 4 aromatic rings. The molecular weight excluding hydrogens is 438 g/mol. The van der Waals surface area contributed by atoms with Gasteiger partial charge in [0.1, 0.15) is 24.0 Å². The van der Waals surface area contributed by atoms with Crippen molar-refractivity contribution in [2.45, 2.75) is 6.61 Å². The molecule has 1 heterocycles. The molecule has 0 spiro atoms.